The van der Waals surface area contributed by atoms with Crippen LogP contribution in [0.2, 0.25) is 0 Å². The summed E-state index contributed by atoms with van der Waals surface area (Å²) in [4.78, 5) is 38.4. The number of alkyl halides is 3. The first-order chi connectivity index (χ1) is 18.2. The summed E-state index contributed by atoms with van der Waals surface area (Å²) in [5.74, 6) is -0.973. The largest absolute Gasteiger partial charge is 0.417 e. The zero-order chi connectivity index (χ0) is 28.3. The van der Waals surface area contributed by atoms with Crippen molar-refractivity contribution >= 4 is 38.8 Å². The molecule has 3 aliphatic heterocycles. The molecule has 1 spiro atoms. The van der Waals surface area contributed by atoms with Gasteiger partial charge in [-0.1, -0.05) is 0 Å². The molecule has 3 aliphatic rings. The second kappa shape index (κ2) is 9.72. The van der Waals surface area contributed by atoms with Gasteiger partial charge in [-0.05, 0) is 46.1 Å². The second-order valence-electron chi connectivity index (χ2n) is 11.1. The summed E-state index contributed by atoms with van der Waals surface area (Å²) < 4.78 is 66.1. The number of hydrogen-bond donors (Lipinski definition) is 1. The average molecular weight is 586 g/mol. The number of rotatable bonds is 5. The molecule has 1 N–H and O–H groups in total. The molecule has 3 fully saturated rings. The highest BCUT2D eigenvalue weighted by molar-refractivity contribution is 7.92. The molecule has 2 aromatic rings. The minimum Gasteiger partial charge on any atom is -0.368 e. The number of halogens is 3. The van der Waals surface area contributed by atoms with E-state index < -0.39 is 38.8 Å². The molecule has 2 amide bonds. The summed E-state index contributed by atoms with van der Waals surface area (Å²) in [7, 11) is -3.08. The topological polar surface area (TPSA) is 113 Å². The Morgan fingerprint density at radius 3 is 2.46 bits per heavy atom. The van der Waals surface area contributed by atoms with Gasteiger partial charge in [0.25, 0.3) is 11.8 Å². The van der Waals surface area contributed by atoms with Crippen molar-refractivity contribution in [3.05, 3.63) is 28.5 Å². The van der Waals surface area contributed by atoms with Crippen molar-refractivity contribution in [2.24, 2.45) is 5.41 Å². The summed E-state index contributed by atoms with van der Waals surface area (Å²) in [6.07, 6.45) is -1.20. The van der Waals surface area contributed by atoms with Gasteiger partial charge in [0, 0.05) is 48.9 Å². The molecule has 0 aromatic carbocycles. The van der Waals surface area contributed by atoms with Crippen LogP contribution in [0.1, 0.15) is 65.9 Å². The Hall–Kier alpha value is -2.74. The minimum atomic E-state index is -4.75. The lowest BCUT2D eigenvalue weighted by Crippen LogP contribution is -2.69. The molecule has 2 aromatic heterocycles. The Morgan fingerprint density at radius 2 is 1.87 bits per heavy atom. The summed E-state index contributed by atoms with van der Waals surface area (Å²) in [5, 5.41) is 2.76. The van der Waals surface area contributed by atoms with E-state index in [9.17, 15) is 31.2 Å². The Morgan fingerprint density at radius 1 is 1.18 bits per heavy atom. The van der Waals surface area contributed by atoms with Crippen LogP contribution in [0.3, 0.4) is 0 Å². The molecular weight excluding hydrogens is 555 g/mol. The van der Waals surface area contributed by atoms with E-state index in [0.717, 1.165) is 42.9 Å². The number of nitrogens with zero attached hydrogens (tertiary/aromatic N) is 4. The molecule has 212 valence electrons. The van der Waals surface area contributed by atoms with Crippen LogP contribution >= 0.6 is 11.3 Å². The van der Waals surface area contributed by atoms with Crippen LogP contribution in [0.25, 0.3) is 10.4 Å². The van der Waals surface area contributed by atoms with Gasteiger partial charge in [0.2, 0.25) is 0 Å². The van der Waals surface area contributed by atoms with Crippen LogP contribution in [0.15, 0.2) is 12.3 Å². The number of amides is 2. The lowest BCUT2D eigenvalue weighted by atomic mass is 9.83. The fraction of sp³-hybridized carbons (Fsp3) is 0.600. The number of pyridine rings is 1. The van der Waals surface area contributed by atoms with Crippen molar-refractivity contribution in [3.63, 3.8) is 0 Å². The van der Waals surface area contributed by atoms with Crippen LogP contribution in [-0.2, 0) is 16.0 Å². The van der Waals surface area contributed by atoms with E-state index in [1.807, 2.05) is 6.92 Å². The summed E-state index contributed by atoms with van der Waals surface area (Å²) in [6.45, 7) is 6.36. The third kappa shape index (κ3) is 5.37. The Kier molecular flexibility index (Phi) is 6.93. The van der Waals surface area contributed by atoms with Crippen LogP contribution in [0.4, 0.5) is 19.0 Å². The van der Waals surface area contributed by atoms with E-state index in [1.165, 1.54) is 4.90 Å². The second-order valence-corrected chi connectivity index (χ2v) is 14.2. The Balaban J connectivity index is 1.54. The molecule has 14 heteroatoms. The highest BCUT2D eigenvalue weighted by atomic mass is 32.2. The molecule has 1 atom stereocenters. The first-order valence-electron chi connectivity index (χ1n) is 12.8. The number of carbonyl (C=O) groups is 2. The molecule has 0 aliphatic carbocycles. The molecule has 0 unspecified atom stereocenters. The molecule has 3 saturated heterocycles. The van der Waals surface area contributed by atoms with Crippen LogP contribution in [0, 0.1) is 5.41 Å². The number of aromatic nitrogens is 2. The van der Waals surface area contributed by atoms with E-state index in [1.54, 1.807) is 18.7 Å². The molecule has 0 saturated carbocycles. The molecule has 9 nitrogen and oxygen atoms in total. The standard InChI is InChI=1S/C25H30F3N5O4S2/c1-14(2)30-18-8-17(25(26,27)28)16(9-29-18)20-19(22(34)33-7-5-4-6-15(33)3)31-21(38-20)23(35)32-10-24(11-32)12-39(36,37)13-24/h8-9,14-15H,4-7,10-13H2,1-3H3,(H,29,30)/t15-/m0/s1. The SMILES string of the molecule is CC(C)Nc1cc(C(F)(F)F)c(-c2sc(C(=O)N3CC4(C3)CS(=O)(=O)C4)nc2C(=O)N2CCCC[C@@H]2C)cn1. The number of sulfone groups is 1. The third-order valence-electron chi connectivity index (χ3n) is 7.36. The molecule has 5 heterocycles. The van der Waals surface area contributed by atoms with Crippen molar-refractivity contribution in [1.29, 1.82) is 0 Å². The smallest absolute Gasteiger partial charge is 0.368 e. The molecule has 5 rings (SSSR count). The Labute approximate surface area is 228 Å². The van der Waals surface area contributed by atoms with Gasteiger partial charge in [0.1, 0.15) is 11.5 Å². The lowest BCUT2D eigenvalue weighted by molar-refractivity contribution is -0.137. The van der Waals surface area contributed by atoms with Crippen molar-refractivity contribution < 1.29 is 31.2 Å². The van der Waals surface area contributed by atoms with Crippen molar-refractivity contribution in [1.82, 2.24) is 19.8 Å². The maximum atomic E-state index is 14.3. The fourth-order valence-corrected chi connectivity index (χ4v) is 8.83. The molecule has 0 bridgehead atoms. The zero-order valence-corrected chi connectivity index (χ0v) is 23.5. The van der Waals surface area contributed by atoms with E-state index >= 15 is 0 Å². The van der Waals surface area contributed by atoms with Crippen LogP contribution in [-0.4, -0.2) is 83.2 Å². The zero-order valence-electron chi connectivity index (χ0n) is 21.8. The maximum Gasteiger partial charge on any atom is 0.417 e. The number of carbonyl (C=O) groups excluding carboxylic acids is 2. The maximum absolute atomic E-state index is 14.3. The normalized spacial score (nSPS) is 22.0. The molecule has 0 radical (unpaired) electrons. The predicted octanol–water partition coefficient (Wildman–Crippen LogP) is 3.93. The highest BCUT2D eigenvalue weighted by Crippen LogP contribution is 2.44. The van der Waals surface area contributed by atoms with Gasteiger partial charge in [0.05, 0.1) is 21.9 Å². The van der Waals surface area contributed by atoms with E-state index in [4.69, 9.17) is 0 Å². The summed E-state index contributed by atoms with van der Waals surface area (Å²) in [5.41, 5.74) is -1.95. The van der Waals surface area contributed by atoms with Gasteiger partial charge in [-0.3, -0.25) is 9.59 Å². The van der Waals surface area contributed by atoms with E-state index in [-0.39, 0.29) is 63.6 Å². The quantitative estimate of drug-likeness (QED) is 0.566. The summed E-state index contributed by atoms with van der Waals surface area (Å²) in [6, 6.07) is 0.638. The average Bonchev–Trinajstić information content (AvgIpc) is 3.24. The third-order valence-corrected chi connectivity index (χ3v) is 10.5. The first-order valence-corrected chi connectivity index (χ1v) is 15.5. The number of likely N-dealkylation sites (tertiary alicyclic amines) is 2. The highest BCUT2D eigenvalue weighted by Gasteiger charge is 2.57. The number of hydrogen-bond acceptors (Lipinski definition) is 8. The van der Waals surface area contributed by atoms with Gasteiger partial charge in [0.15, 0.2) is 14.8 Å². The first kappa shape index (κ1) is 27.8. The lowest BCUT2D eigenvalue weighted by Gasteiger charge is -2.54. The number of thiazole rings is 1. The van der Waals surface area contributed by atoms with Crippen molar-refractivity contribution in [3.8, 4) is 10.4 Å². The van der Waals surface area contributed by atoms with Crippen LogP contribution in [0.5, 0.6) is 0 Å². The fourth-order valence-electron chi connectivity index (χ4n) is 5.64. The van der Waals surface area contributed by atoms with Gasteiger partial charge in [-0.15, -0.1) is 11.3 Å². The monoisotopic (exact) mass is 585 g/mol. The molecular formula is C25H30F3N5O4S2. The van der Waals surface area contributed by atoms with Crippen molar-refractivity contribution in [2.45, 2.75) is 58.3 Å². The van der Waals surface area contributed by atoms with Gasteiger partial charge in [-0.25, -0.2) is 18.4 Å². The molecule has 39 heavy (non-hydrogen) atoms. The number of anilines is 1. The predicted molar refractivity (Wildman–Crippen MR) is 140 cm³/mol. The van der Waals surface area contributed by atoms with Gasteiger partial charge in [-0.2, -0.15) is 13.2 Å². The van der Waals surface area contributed by atoms with Crippen molar-refractivity contribution in [2.75, 3.05) is 36.5 Å². The van der Waals surface area contributed by atoms with E-state index in [0.29, 0.717) is 6.54 Å². The number of piperidine rings is 1. The number of nitrogens with one attached hydrogen (secondary N) is 1. The minimum absolute atomic E-state index is 0.0147. The van der Waals surface area contributed by atoms with Gasteiger partial charge >= 0.3 is 6.18 Å². The van der Waals surface area contributed by atoms with Gasteiger partial charge < -0.3 is 15.1 Å². The summed E-state index contributed by atoms with van der Waals surface area (Å²) >= 11 is 0.739. The van der Waals surface area contributed by atoms with Crippen LogP contribution < -0.4 is 5.32 Å². The van der Waals surface area contributed by atoms with E-state index in [2.05, 4.69) is 15.3 Å². The Bertz CT molecular complexity index is 1400.